The van der Waals surface area contributed by atoms with Gasteiger partial charge in [0.2, 0.25) is 14.7 Å². The van der Waals surface area contributed by atoms with Gasteiger partial charge in [0.15, 0.2) is 0 Å². The molecular weight excluding hydrogens is 420 g/mol. The summed E-state index contributed by atoms with van der Waals surface area (Å²) < 4.78 is 37.4. The summed E-state index contributed by atoms with van der Waals surface area (Å²) in [4.78, 5) is 14.2. The summed E-state index contributed by atoms with van der Waals surface area (Å²) in [7, 11) is -1.68. The Kier molecular flexibility index (Phi) is 6.19. The van der Waals surface area contributed by atoms with Crippen molar-refractivity contribution in [2.24, 2.45) is 4.99 Å². The molecule has 0 bridgehead atoms. The normalized spacial score (nSPS) is 19.7. The van der Waals surface area contributed by atoms with E-state index < -0.39 is 32.7 Å². The maximum atomic E-state index is 13.8. The topological polar surface area (TPSA) is 128 Å². The Bertz CT molecular complexity index is 1110. The van der Waals surface area contributed by atoms with Gasteiger partial charge >= 0.3 is 5.97 Å². The van der Waals surface area contributed by atoms with Crippen LogP contribution in [0.15, 0.2) is 70.6 Å². The highest BCUT2D eigenvalue weighted by molar-refractivity contribution is 7.93. The number of carbonyl (C=O) groups excluding carboxylic acids is 1. The van der Waals surface area contributed by atoms with E-state index in [2.05, 4.69) is 4.99 Å². The summed E-state index contributed by atoms with van der Waals surface area (Å²) in [5.74, 6) is -0.308. The van der Waals surface area contributed by atoms with Crippen LogP contribution in [0.3, 0.4) is 0 Å². The molecule has 2 atom stereocenters. The Balaban J connectivity index is 2.19. The third-order valence-electron chi connectivity index (χ3n) is 5.32. The van der Waals surface area contributed by atoms with E-state index in [0.717, 1.165) is 7.11 Å². The number of sulfone groups is 1. The minimum absolute atomic E-state index is 0.0821. The number of hydrogen-bond acceptors (Lipinski definition) is 8. The molecule has 2 aromatic carbocycles. The molecule has 3 rings (SSSR count). The number of rotatable bonds is 8. The lowest BCUT2D eigenvalue weighted by atomic mass is 9.83. The average Bonchev–Trinajstić information content (AvgIpc) is 3.28. The van der Waals surface area contributed by atoms with Crippen LogP contribution in [0.4, 0.5) is 5.69 Å². The maximum absolute atomic E-state index is 13.8. The predicted molar refractivity (Wildman–Crippen MR) is 117 cm³/mol. The van der Waals surface area contributed by atoms with E-state index in [1.54, 1.807) is 24.3 Å². The number of hydrogen-bond donors (Lipinski definition) is 2. The van der Waals surface area contributed by atoms with Crippen LogP contribution >= 0.6 is 0 Å². The van der Waals surface area contributed by atoms with Crippen LogP contribution in [-0.4, -0.2) is 50.4 Å². The van der Waals surface area contributed by atoms with Gasteiger partial charge in [0.25, 0.3) is 0 Å². The number of para-hydroxylation sites is 1. The molecule has 2 aromatic rings. The van der Waals surface area contributed by atoms with Crippen LogP contribution in [0, 0.1) is 0 Å². The van der Waals surface area contributed by atoms with E-state index >= 15 is 0 Å². The molecular formula is C22H24N2O6S. The molecule has 2 unspecified atom stereocenters. The van der Waals surface area contributed by atoms with Gasteiger partial charge in [-0.3, -0.25) is 9.79 Å². The number of allylic oxidation sites excluding steroid dienone is 1. The van der Waals surface area contributed by atoms with E-state index in [9.17, 15) is 18.3 Å². The zero-order chi connectivity index (χ0) is 22.7. The SMILES string of the molecule is COC(=O)CC(O)(Cc1ccccc1N)C1(S(=O)(=O)c2ccc(OC)cc2)C=CC=N1. The Morgan fingerprint density at radius 2 is 1.84 bits per heavy atom. The quantitative estimate of drug-likeness (QED) is 0.470. The largest absolute Gasteiger partial charge is 0.497 e. The van der Waals surface area contributed by atoms with Crippen molar-refractivity contribution >= 4 is 27.7 Å². The Morgan fingerprint density at radius 3 is 2.39 bits per heavy atom. The number of benzene rings is 2. The lowest BCUT2D eigenvalue weighted by Gasteiger charge is -2.40. The third kappa shape index (κ3) is 3.94. The first-order valence-corrected chi connectivity index (χ1v) is 10.9. The summed E-state index contributed by atoms with van der Waals surface area (Å²) in [6.07, 6.45) is 3.14. The molecule has 1 heterocycles. The van der Waals surface area contributed by atoms with E-state index in [-0.39, 0.29) is 11.3 Å². The molecule has 1 aliphatic rings. The summed E-state index contributed by atoms with van der Waals surface area (Å²) in [6, 6.07) is 12.5. The number of methoxy groups -OCH3 is 2. The molecule has 0 amide bonds. The first kappa shape index (κ1) is 22.5. The lowest BCUT2D eigenvalue weighted by Crippen LogP contribution is -2.58. The van der Waals surface area contributed by atoms with Crippen molar-refractivity contribution in [1.29, 1.82) is 0 Å². The highest BCUT2D eigenvalue weighted by atomic mass is 32.2. The van der Waals surface area contributed by atoms with E-state index in [0.29, 0.717) is 17.0 Å². The van der Waals surface area contributed by atoms with Crippen molar-refractivity contribution in [2.75, 3.05) is 20.0 Å². The smallest absolute Gasteiger partial charge is 0.308 e. The van der Waals surface area contributed by atoms with Crippen molar-refractivity contribution < 1.29 is 27.8 Å². The number of nitrogens with zero attached hydrogens (tertiary/aromatic N) is 1. The fourth-order valence-electron chi connectivity index (χ4n) is 3.63. The van der Waals surface area contributed by atoms with Gasteiger partial charge in [-0.05, 0) is 48.0 Å². The summed E-state index contributed by atoms with van der Waals surface area (Å²) in [5.41, 5.74) is 4.69. The second-order valence-corrected chi connectivity index (χ2v) is 9.27. The molecule has 1 aliphatic heterocycles. The molecule has 0 saturated heterocycles. The van der Waals surface area contributed by atoms with Crippen molar-refractivity contribution in [3.05, 3.63) is 66.2 Å². The Morgan fingerprint density at radius 1 is 1.16 bits per heavy atom. The van der Waals surface area contributed by atoms with Crippen molar-refractivity contribution in [3.63, 3.8) is 0 Å². The van der Waals surface area contributed by atoms with Crippen LogP contribution < -0.4 is 10.5 Å². The predicted octanol–water partition coefficient (Wildman–Crippen LogP) is 1.92. The standard InChI is InChI=1S/C22H24N2O6S/c1-29-17-8-10-18(11-9-17)31(27,28)22(12-5-13-24-22)21(26,15-20(25)30-2)14-16-6-3-4-7-19(16)23/h3-13,26H,14-15,23H2,1-2H3. The number of esters is 1. The number of ether oxygens (including phenoxy) is 2. The molecule has 0 radical (unpaired) electrons. The maximum Gasteiger partial charge on any atom is 0.308 e. The number of aliphatic imine (C=N–C) groups is 1. The van der Waals surface area contributed by atoms with Crippen LogP contribution in [0.25, 0.3) is 0 Å². The van der Waals surface area contributed by atoms with Crippen LogP contribution in [-0.2, 0) is 25.8 Å². The second-order valence-electron chi connectivity index (χ2n) is 7.17. The summed E-state index contributed by atoms with van der Waals surface area (Å²) in [5, 5.41) is 11.8. The van der Waals surface area contributed by atoms with Gasteiger partial charge < -0.3 is 20.3 Å². The molecule has 0 aliphatic carbocycles. The summed E-state index contributed by atoms with van der Waals surface area (Å²) in [6.45, 7) is 0. The molecule has 0 aromatic heterocycles. The lowest BCUT2D eigenvalue weighted by molar-refractivity contribution is -0.147. The van der Waals surface area contributed by atoms with Crippen LogP contribution in [0.2, 0.25) is 0 Å². The molecule has 3 N–H and O–H groups in total. The van der Waals surface area contributed by atoms with Gasteiger partial charge in [-0.15, -0.1) is 0 Å². The highest BCUT2D eigenvalue weighted by Crippen LogP contribution is 2.44. The average molecular weight is 445 g/mol. The molecule has 0 spiro atoms. The number of aliphatic hydroxyl groups is 1. The molecule has 31 heavy (non-hydrogen) atoms. The minimum atomic E-state index is -4.31. The Hall–Kier alpha value is -3.17. The van der Waals surface area contributed by atoms with Gasteiger partial charge in [0.05, 0.1) is 25.5 Å². The molecule has 0 saturated carbocycles. The number of carbonyl (C=O) groups is 1. The fourth-order valence-corrected chi connectivity index (χ4v) is 5.58. The van der Waals surface area contributed by atoms with E-state index in [1.165, 1.54) is 49.7 Å². The monoisotopic (exact) mass is 444 g/mol. The number of nitrogen functional groups attached to an aromatic ring is 1. The fraction of sp³-hybridized carbons (Fsp3) is 0.273. The van der Waals surface area contributed by atoms with Crippen molar-refractivity contribution in [2.45, 2.75) is 28.2 Å². The Labute approximate surface area is 180 Å². The van der Waals surface area contributed by atoms with Crippen LogP contribution in [0.5, 0.6) is 5.75 Å². The molecule has 9 heteroatoms. The molecule has 164 valence electrons. The first-order chi connectivity index (χ1) is 14.7. The van der Waals surface area contributed by atoms with Crippen molar-refractivity contribution in [1.82, 2.24) is 0 Å². The third-order valence-corrected chi connectivity index (χ3v) is 7.66. The molecule has 8 nitrogen and oxygen atoms in total. The zero-order valence-corrected chi connectivity index (χ0v) is 18.0. The number of anilines is 1. The first-order valence-electron chi connectivity index (χ1n) is 9.43. The van der Waals surface area contributed by atoms with Gasteiger partial charge in [0, 0.05) is 18.3 Å². The van der Waals surface area contributed by atoms with Gasteiger partial charge in [-0.2, -0.15) is 0 Å². The van der Waals surface area contributed by atoms with Crippen LogP contribution in [0.1, 0.15) is 12.0 Å². The van der Waals surface area contributed by atoms with Crippen molar-refractivity contribution in [3.8, 4) is 5.75 Å². The van der Waals surface area contributed by atoms with Gasteiger partial charge in [-0.25, -0.2) is 8.42 Å². The van der Waals surface area contributed by atoms with E-state index in [4.69, 9.17) is 15.2 Å². The van der Waals surface area contributed by atoms with Gasteiger partial charge in [-0.1, -0.05) is 18.2 Å². The van der Waals surface area contributed by atoms with Gasteiger partial charge in [0.1, 0.15) is 11.4 Å². The second kappa shape index (κ2) is 8.52. The van der Waals surface area contributed by atoms with E-state index in [1.807, 2.05) is 0 Å². The molecule has 0 fully saturated rings. The zero-order valence-electron chi connectivity index (χ0n) is 17.2. The summed E-state index contributed by atoms with van der Waals surface area (Å²) >= 11 is 0. The number of nitrogens with two attached hydrogens (primary N) is 1. The minimum Gasteiger partial charge on any atom is -0.497 e. The highest BCUT2D eigenvalue weighted by Gasteiger charge is 2.60.